The quantitative estimate of drug-likeness (QED) is 0.744. The van der Waals surface area contributed by atoms with Crippen LogP contribution in [-0.4, -0.2) is 29.3 Å². The molecule has 0 fully saturated rings. The van der Waals surface area contributed by atoms with Crippen LogP contribution in [-0.2, 0) is 26.1 Å². The van der Waals surface area contributed by atoms with E-state index in [9.17, 15) is 16.8 Å². The molecular weight excluding hydrogens is 368 g/mol. The van der Waals surface area contributed by atoms with Crippen LogP contribution in [0.15, 0.2) is 52.3 Å². The van der Waals surface area contributed by atoms with E-state index in [0.29, 0.717) is 16.2 Å². The first-order valence-electron chi connectivity index (χ1n) is 8.52. The predicted molar refractivity (Wildman–Crippen MR) is 105 cm³/mol. The Balaban J connectivity index is 2.35. The first-order chi connectivity index (χ1) is 11.9. The van der Waals surface area contributed by atoms with E-state index < -0.39 is 19.7 Å². The van der Waals surface area contributed by atoms with Gasteiger partial charge >= 0.3 is 0 Å². The molecule has 0 saturated heterocycles. The molecule has 1 atom stereocenters. The van der Waals surface area contributed by atoms with Gasteiger partial charge in [0.25, 0.3) is 0 Å². The van der Waals surface area contributed by atoms with Crippen LogP contribution in [0.3, 0.4) is 0 Å². The van der Waals surface area contributed by atoms with E-state index >= 15 is 0 Å². The lowest BCUT2D eigenvalue weighted by atomic mass is 9.91. The predicted octanol–water partition coefficient (Wildman–Crippen LogP) is 3.96. The van der Waals surface area contributed by atoms with Crippen LogP contribution in [0.25, 0.3) is 0 Å². The Morgan fingerprint density at radius 2 is 1.50 bits per heavy atom. The van der Waals surface area contributed by atoms with E-state index in [1.54, 1.807) is 24.3 Å². The summed E-state index contributed by atoms with van der Waals surface area (Å²) in [5.41, 5.74) is 2.81. The largest absolute Gasteiger partial charge is 0.224 e. The van der Waals surface area contributed by atoms with Crippen LogP contribution < -0.4 is 0 Å². The average Bonchev–Trinajstić information content (AvgIpc) is 2.53. The molecule has 2 aromatic rings. The topological polar surface area (TPSA) is 68.3 Å². The van der Waals surface area contributed by atoms with Gasteiger partial charge in [0.05, 0.1) is 9.79 Å². The highest BCUT2D eigenvalue weighted by Crippen LogP contribution is 2.28. The fourth-order valence-electron chi connectivity index (χ4n) is 3.04. The van der Waals surface area contributed by atoms with Crippen LogP contribution in [0, 0.1) is 0 Å². The lowest BCUT2D eigenvalue weighted by molar-refractivity contribution is 0.598. The molecule has 0 aliphatic carbocycles. The molecule has 0 aromatic heterocycles. The van der Waals surface area contributed by atoms with Gasteiger partial charge in [0, 0.05) is 12.5 Å². The molecule has 142 valence electrons. The Hall–Kier alpha value is -1.66. The van der Waals surface area contributed by atoms with Gasteiger partial charge in [0.1, 0.15) is 0 Å². The smallest absolute Gasteiger partial charge is 0.175 e. The highest BCUT2D eigenvalue weighted by molar-refractivity contribution is 7.91. The van der Waals surface area contributed by atoms with Crippen molar-refractivity contribution in [3.63, 3.8) is 0 Å². The van der Waals surface area contributed by atoms with Crippen LogP contribution in [0.1, 0.15) is 49.3 Å². The number of sulfone groups is 2. The van der Waals surface area contributed by atoms with Crippen molar-refractivity contribution in [1.29, 1.82) is 0 Å². The summed E-state index contributed by atoms with van der Waals surface area (Å²) >= 11 is 0. The zero-order valence-corrected chi connectivity index (χ0v) is 17.5. The molecule has 0 aliphatic rings. The van der Waals surface area contributed by atoms with Crippen LogP contribution in [0.2, 0.25) is 0 Å². The summed E-state index contributed by atoms with van der Waals surface area (Å²) in [6.07, 6.45) is 3.14. The van der Waals surface area contributed by atoms with Gasteiger partial charge in [-0.2, -0.15) is 0 Å². The maximum absolute atomic E-state index is 12.0. The fourth-order valence-corrected chi connectivity index (χ4v) is 4.75. The minimum atomic E-state index is -3.26. The molecule has 1 unspecified atom stereocenters. The summed E-state index contributed by atoms with van der Waals surface area (Å²) in [5, 5.41) is 0. The summed E-state index contributed by atoms with van der Waals surface area (Å²) in [6.45, 7) is 6.00. The lowest BCUT2D eigenvalue weighted by Gasteiger charge is -2.17. The molecule has 2 aromatic carbocycles. The van der Waals surface area contributed by atoms with E-state index in [-0.39, 0.29) is 11.8 Å². The van der Waals surface area contributed by atoms with Gasteiger partial charge in [-0.3, -0.25) is 0 Å². The Labute approximate surface area is 157 Å². The zero-order chi connectivity index (χ0) is 19.7. The van der Waals surface area contributed by atoms with Crippen molar-refractivity contribution in [3.8, 4) is 0 Å². The van der Waals surface area contributed by atoms with Crippen LogP contribution in [0.5, 0.6) is 0 Å². The Morgan fingerprint density at radius 1 is 0.846 bits per heavy atom. The van der Waals surface area contributed by atoms with E-state index in [0.717, 1.165) is 16.7 Å². The first-order valence-corrected chi connectivity index (χ1v) is 12.3. The van der Waals surface area contributed by atoms with Gasteiger partial charge in [-0.15, -0.1) is 0 Å². The van der Waals surface area contributed by atoms with Crippen molar-refractivity contribution in [3.05, 3.63) is 59.2 Å². The number of rotatable bonds is 6. The van der Waals surface area contributed by atoms with Crippen molar-refractivity contribution >= 4 is 19.7 Å². The van der Waals surface area contributed by atoms with Gasteiger partial charge in [-0.25, -0.2) is 16.8 Å². The van der Waals surface area contributed by atoms with Crippen molar-refractivity contribution in [2.45, 2.75) is 48.8 Å². The summed E-state index contributed by atoms with van der Waals surface area (Å²) < 4.78 is 47.5. The van der Waals surface area contributed by atoms with Gasteiger partial charge in [0.15, 0.2) is 19.7 Å². The standard InChI is InChI=1S/C20H26O4S2/c1-14(2)19-12-16(9-10-20(19)26(5,23)24)11-15(3)17-7-6-8-18(13-17)25(4,21)22/h6-10,12-15H,11H2,1-5H3. The Kier molecular flexibility index (Phi) is 5.98. The molecule has 0 spiro atoms. The van der Waals surface area contributed by atoms with Gasteiger partial charge in [-0.05, 0) is 53.1 Å². The van der Waals surface area contributed by atoms with Gasteiger partial charge in [-0.1, -0.05) is 45.0 Å². The molecular formula is C20H26O4S2. The normalized spacial score (nSPS) is 13.8. The highest BCUT2D eigenvalue weighted by atomic mass is 32.2. The second-order valence-corrected chi connectivity index (χ2v) is 11.2. The molecule has 2 rings (SSSR count). The molecule has 0 saturated carbocycles. The number of benzene rings is 2. The van der Waals surface area contributed by atoms with Crippen molar-refractivity contribution in [1.82, 2.24) is 0 Å². The third-order valence-corrected chi connectivity index (χ3v) is 6.77. The van der Waals surface area contributed by atoms with Crippen LogP contribution in [0.4, 0.5) is 0 Å². The van der Waals surface area contributed by atoms with Crippen molar-refractivity contribution in [2.75, 3.05) is 12.5 Å². The molecule has 4 nitrogen and oxygen atoms in total. The number of hydrogen-bond acceptors (Lipinski definition) is 4. The van der Waals surface area contributed by atoms with E-state index in [1.165, 1.54) is 12.5 Å². The highest BCUT2D eigenvalue weighted by Gasteiger charge is 2.17. The molecule has 0 N–H and O–H groups in total. The third kappa shape index (κ3) is 4.95. The molecule has 0 aliphatic heterocycles. The zero-order valence-electron chi connectivity index (χ0n) is 15.9. The summed E-state index contributed by atoms with van der Waals surface area (Å²) in [4.78, 5) is 0.695. The van der Waals surface area contributed by atoms with E-state index in [1.807, 2.05) is 39.0 Å². The minimum Gasteiger partial charge on any atom is -0.224 e. The maximum Gasteiger partial charge on any atom is 0.175 e. The molecule has 0 amide bonds. The Morgan fingerprint density at radius 3 is 2.04 bits per heavy atom. The SMILES string of the molecule is CC(C)c1cc(CC(C)c2cccc(S(C)(=O)=O)c2)ccc1S(C)(=O)=O. The summed E-state index contributed by atoms with van der Waals surface area (Å²) in [7, 11) is -6.50. The second-order valence-electron chi connectivity index (χ2n) is 7.25. The number of hydrogen-bond donors (Lipinski definition) is 0. The van der Waals surface area contributed by atoms with Crippen molar-refractivity contribution < 1.29 is 16.8 Å². The maximum atomic E-state index is 12.0. The molecule has 26 heavy (non-hydrogen) atoms. The van der Waals surface area contributed by atoms with Crippen LogP contribution >= 0.6 is 0 Å². The summed E-state index contributed by atoms with van der Waals surface area (Å²) in [5.74, 6) is 0.212. The summed E-state index contributed by atoms with van der Waals surface area (Å²) in [6, 6.07) is 12.5. The van der Waals surface area contributed by atoms with E-state index in [2.05, 4.69) is 0 Å². The second kappa shape index (κ2) is 7.53. The molecule has 0 heterocycles. The van der Waals surface area contributed by atoms with Crippen molar-refractivity contribution in [2.24, 2.45) is 0 Å². The molecule has 6 heteroatoms. The van der Waals surface area contributed by atoms with Gasteiger partial charge < -0.3 is 0 Å². The molecule has 0 radical (unpaired) electrons. The first kappa shape index (κ1) is 20.6. The van der Waals surface area contributed by atoms with Gasteiger partial charge in [0.2, 0.25) is 0 Å². The lowest BCUT2D eigenvalue weighted by Crippen LogP contribution is -2.06. The third-order valence-electron chi connectivity index (χ3n) is 4.49. The minimum absolute atomic E-state index is 0.101. The fraction of sp³-hybridized carbons (Fsp3) is 0.400. The van der Waals surface area contributed by atoms with E-state index in [4.69, 9.17) is 0 Å². The monoisotopic (exact) mass is 394 g/mol. The average molecular weight is 395 g/mol. The Bertz CT molecular complexity index is 1000. The molecule has 0 bridgehead atoms.